The molecule has 164 valence electrons. The number of hydrogen-bond acceptors (Lipinski definition) is 8. The Balaban J connectivity index is 1.28. The van der Waals surface area contributed by atoms with E-state index in [2.05, 4.69) is 15.1 Å². The minimum Gasteiger partial charge on any atom is -0.485 e. The molecule has 8 nitrogen and oxygen atoms in total. The van der Waals surface area contributed by atoms with Crippen LogP contribution in [0.5, 0.6) is 5.75 Å². The zero-order chi connectivity index (χ0) is 22.6. The van der Waals surface area contributed by atoms with Gasteiger partial charge in [0, 0.05) is 5.39 Å². The number of esters is 1. The maximum absolute atomic E-state index is 13.0. The third-order valence-electron chi connectivity index (χ3n) is 4.73. The summed E-state index contributed by atoms with van der Waals surface area (Å²) in [4.78, 5) is 21.6. The number of halogens is 1. The molecule has 0 aliphatic heterocycles. The van der Waals surface area contributed by atoms with Crippen LogP contribution in [0.15, 0.2) is 81.9 Å². The van der Waals surface area contributed by atoms with Crippen LogP contribution >= 0.6 is 0 Å². The van der Waals surface area contributed by atoms with E-state index in [-0.39, 0.29) is 30.7 Å². The maximum Gasteiger partial charge on any atom is 0.339 e. The molecule has 5 rings (SSSR count). The number of furan rings is 1. The molecule has 0 radical (unpaired) electrons. The summed E-state index contributed by atoms with van der Waals surface area (Å²) < 4.78 is 34.4. The predicted molar refractivity (Wildman–Crippen MR) is 114 cm³/mol. The summed E-state index contributed by atoms with van der Waals surface area (Å²) in [5.41, 5.74) is 1.49. The van der Waals surface area contributed by atoms with Gasteiger partial charge in [-0.1, -0.05) is 23.4 Å². The number of hydrogen-bond donors (Lipinski definition) is 0. The van der Waals surface area contributed by atoms with Gasteiger partial charge in [-0.25, -0.2) is 14.2 Å². The molecule has 33 heavy (non-hydrogen) atoms. The van der Waals surface area contributed by atoms with Crippen molar-refractivity contribution in [2.45, 2.75) is 13.2 Å². The van der Waals surface area contributed by atoms with Crippen molar-refractivity contribution in [3.05, 3.63) is 96.1 Å². The SMILES string of the molecule is O=C(OCc1nc(COc2ccc(F)cc2)no1)c1cc(-c2ccco2)nc2ccccc12. The van der Waals surface area contributed by atoms with Crippen LogP contribution in [0, 0.1) is 5.82 Å². The lowest BCUT2D eigenvalue weighted by molar-refractivity contribution is 0.0432. The first-order valence-electron chi connectivity index (χ1n) is 9.96. The summed E-state index contributed by atoms with van der Waals surface area (Å²) in [6, 6.07) is 18.0. The molecule has 0 amide bonds. The number of ether oxygens (including phenoxy) is 2. The first-order valence-corrected chi connectivity index (χ1v) is 9.96. The number of para-hydroxylation sites is 1. The van der Waals surface area contributed by atoms with Crippen molar-refractivity contribution in [3.63, 3.8) is 0 Å². The van der Waals surface area contributed by atoms with Gasteiger partial charge in [-0.3, -0.25) is 0 Å². The molecule has 0 spiro atoms. The van der Waals surface area contributed by atoms with E-state index in [4.69, 9.17) is 18.4 Å². The second-order valence-corrected chi connectivity index (χ2v) is 6.97. The predicted octanol–water partition coefficient (Wildman–Crippen LogP) is 4.95. The Bertz CT molecular complexity index is 1400. The monoisotopic (exact) mass is 445 g/mol. The molecule has 9 heteroatoms. The van der Waals surface area contributed by atoms with E-state index in [0.717, 1.165) is 0 Å². The largest absolute Gasteiger partial charge is 0.485 e. The highest BCUT2D eigenvalue weighted by Crippen LogP contribution is 2.26. The molecule has 0 saturated heterocycles. The second kappa shape index (κ2) is 8.91. The fourth-order valence-corrected chi connectivity index (χ4v) is 3.19. The number of nitrogens with zero attached hydrogens (tertiary/aromatic N) is 3. The quantitative estimate of drug-likeness (QED) is 0.324. The van der Waals surface area contributed by atoms with Crippen molar-refractivity contribution in [3.8, 4) is 17.2 Å². The summed E-state index contributed by atoms with van der Waals surface area (Å²) in [6.07, 6.45) is 1.54. The lowest BCUT2D eigenvalue weighted by atomic mass is 10.1. The molecule has 0 aliphatic rings. The molecule has 0 fully saturated rings. The number of benzene rings is 2. The smallest absolute Gasteiger partial charge is 0.339 e. The van der Waals surface area contributed by atoms with Gasteiger partial charge in [0.2, 0.25) is 5.82 Å². The van der Waals surface area contributed by atoms with Crippen LogP contribution in [0.25, 0.3) is 22.4 Å². The molecule has 0 aliphatic carbocycles. The molecular formula is C24H16FN3O5. The third kappa shape index (κ3) is 4.57. The number of pyridine rings is 1. The standard InChI is InChI=1S/C24H16FN3O5/c25-15-7-9-16(10-8-15)31-13-22-27-23(33-28-22)14-32-24(29)18-12-20(21-6-3-11-30-21)26-19-5-2-1-4-17(18)19/h1-12H,13-14H2. The van der Waals surface area contributed by atoms with E-state index >= 15 is 0 Å². The highest BCUT2D eigenvalue weighted by molar-refractivity contribution is 6.04. The van der Waals surface area contributed by atoms with E-state index in [9.17, 15) is 9.18 Å². The Morgan fingerprint density at radius 2 is 1.82 bits per heavy atom. The van der Waals surface area contributed by atoms with Gasteiger partial charge >= 0.3 is 5.97 Å². The molecule has 3 heterocycles. The van der Waals surface area contributed by atoms with Crippen LogP contribution < -0.4 is 4.74 Å². The Morgan fingerprint density at radius 1 is 0.970 bits per heavy atom. The lowest BCUT2D eigenvalue weighted by Gasteiger charge is -2.08. The van der Waals surface area contributed by atoms with Crippen LogP contribution in [0.2, 0.25) is 0 Å². The van der Waals surface area contributed by atoms with Crippen molar-refractivity contribution in [2.24, 2.45) is 0 Å². The van der Waals surface area contributed by atoms with Gasteiger partial charge in [-0.15, -0.1) is 0 Å². The number of fused-ring (bicyclic) bond motifs is 1. The molecule has 0 atom stereocenters. The van der Waals surface area contributed by atoms with E-state index in [0.29, 0.717) is 33.7 Å². The molecule has 3 aromatic heterocycles. The van der Waals surface area contributed by atoms with E-state index in [1.54, 1.807) is 24.3 Å². The molecule has 2 aromatic carbocycles. The molecule has 0 saturated carbocycles. The Labute approximate surface area is 186 Å². The van der Waals surface area contributed by atoms with Gasteiger partial charge in [-0.05, 0) is 48.5 Å². The maximum atomic E-state index is 13.0. The van der Waals surface area contributed by atoms with Crippen molar-refractivity contribution < 1.29 is 27.6 Å². The first kappa shape index (κ1) is 20.4. The Morgan fingerprint density at radius 3 is 2.64 bits per heavy atom. The van der Waals surface area contributed by atoms with Crippen LogP contribution in [0.1, 0.15) is 22.1 Å². The van der Waals surface area contributed by atoms with Gasteiger partial charge in [0.05, 0.1) is 17.3 Å². The van der Waals surface area contributed by atoms with E-state index in [1.807, 2.05) is 18.2 Å². The average molecular weight is 445 g/mol. The van der Waals surface area contributed by atoms with Crippen LogP contribution in [0.4, 0.5) is 4.39 Å². The lowest BCUT2D eigenvalue weighted by Crippen LogP contribution is -2.07. The second-order valence-electron chi connectivity index (χ2n) is 6.97. The fourth-order valence-electron chi connectivity index (χ4n) is 3.19. The van der Waals surface area contributed by atoms with E-state index in [1.165, 1.54) is 30.5 Å². The highest BCUT2D eigenvalue weighted by Gasteiger charge is 2.18. The van der Waals surface area contributed by atoms with Crippen molar-refractivity contribution in [1.29, 1.82) is 0 Å². The number of rotatable bonds is 7. The molecular weight excluding hydrogens is 429 g/mol. The molecule has 5 aromatic rings. The topological polar surface area (TPSA) is 100 Å². The molecule has 0 bridgehead atoms. The first-order chi connectivity index (χ1) is 16.2. The van der Waals surface area contributed by atoms with Crippen LogP contribution in [-0.2, 0) is 18.0 Å². The Kier molecular flexibility index (Phi) is 5.50. The van der Waals surface area contributed by atoms with Crippen LogP contribution in [0.3, 0.4) is 0 Å². The zero-order valence-corrected chi connectivity index (χ0v) is 17.1. The number of aromatic nitrogens is 3. The normalized spacial score (nSPS) is 10.9. The average Bonchev–Trinajstić information content (AvgIpc) is 3.54. The van der Waals surface area contributed by atoms with Crippen LogP contribution in [-0.4, -0.2) is 21.1 Å². The van der Waals surface area contributed by atoms with Gasteiger partial charge < -0.3 is 18.4 Å². The number of carbonyl (C=O) groups is 1. The van der Waals surface area contributed by atoms with Gasteiger partial charge in [0.25, 0.3) is 5.89 Å². The summed E-state index contributed by atoms with van der Waals surface area (Å²) in [7, 11) is 0. The zero-order valence-electron chi connectivity index (χ0n) is 17.1. The van der Waals surface area contributed by atoms with Crippen molar-refractivity contribution >= 4 is 16.9 Å². The summed E-state index contributed by atoms with van der Waals surface area (Å²) in [5, 5.41) is 4.45. The molecule has 0 N–H and O–H groups in total. The summed E-state index contributed by atoms with van der Waals surface area (Å²) in [5.74, 6) is 0.460. The van der Waals surface area contributed by atoms with Gasteiger partial charge in [0.15, 0.2) is 19.0 Å². The van der Waals surface area contributed by atoms with Crippen molar-refractivity contribution in [2.75, 3.05) is 0 Å². The summed E-state index contributed by atoms with van der Waals surface area (Å²) >= 11 is 0. The fraction of sp³-hybridized carbons (Fsp3) is 0.0833. The van der Waals surface area contributed by atoms with E-state index < -0.39 is 5.97 Å². The molecule has 0 unspecified atom stereocenters. The van der Waals surface area contributed by atoms with Gasteiger partial charge in [-0.2, -0.15) is 4.98 Å². The van der Waals surface area contributed by atoms with Crippen molar-refractivity contribution in [1.82, 2.24) is 15.1 Å². The Hall–Kier alpha value is -4.53. The number of carbonyl (C=O) groups excluding carboxylic acids is 1. The minimum atomic E-state index is -0.566. The van der Waals surface area contributed by atoms with Gasteiger partial charge in [0.1, 0.15) is 17.3 Å². The summed E-state index contributed by atoms with van der Waals surface area (Å²) in [6.45, 7) is -0.195. The highest BCUT2D eigenvalue weighted by atomic mass is 19.1. The third-order valence-corrected chi connectivity index (χ3v) is 4.73. The minimum absolute atomic E-state index is 0.0184.